The molecule has 1 fully saturated rings. The first-order chi connectivity index (χ1) is 5.84. The average Bonchev–Trinajstić information content (AvgIpc) is 2.84. The Morgan fingerprint density at radius 1 is 1.38 bits per heavy atom. The second kappa shape index (κ2) is 4.99. The van der Waals surface area contributed by atoms with Crippen LogP contribution in [0.4, 0.5) is 0 Å². The van der Waals surface area contributed by atoms with E-state index in [0.29, 0.717) is 0 Å². The number of hydrogen-bond donors (Lipinski definition) is 1. The molecule has 0 heterocycles. The fourth-order valence-electron chi connectivity index (χ4n) is 1.20. The molecular weight excluding hydrogens is 249 g/mol. The van der Waals surface area contributed by atoms with Gasteiger partial charge < -0.3 is 17.7 Å². The lowest BCUT2D eigenvalue weighted by atomic mass is 10.2. The number of halogens is 2. The molecule has 1 aromatic carbocycles. The zero-order valence-electron chi connectivity index (χ0n) is 7.26. The van der Waals surface area contributed by atoms with Crippen LogP contribution in [0.5, 0.6) is 0 Å². The maximum Gasteiger partial charge on any atom is 0.0208 e. The number of hydrogen-bond acceptors (Lipinski definition) is 1. The van der Waals surface area contributed by atoms with Crippen molar-refractivity contribution in [3.8, 4) is 0 Å². The van der Waals surface area contributed by atoms with Gasteiger partial charge in [0.2, 0.25) is 0 Å². The van der Waals surface area contributed by atoms with Crippen LogP contribution in [-0.4, -0.2) is 6.04 Å². The third-order valence-corrected chi connectivity index (χ3v) is 2.55. The molecule has 1 N–H and O–H groups in total. The van der Waals surface area contributed by atoms with Gasteiger partial charge in [-0.15, -0.1) is 0 Å². The van der Waals surface area contributed by atoms with Crippen molar-refractivity contribution in [1.82, 2.24) is 5.32 Å². The van der Waals surface area contributed by atoms with Gasteiger partial charge in [0.15, 0.2) is 0 Å². The van der Waals surface area contributed by atoms with E-state index >= 15 is 0 Å². The van der Waals surface area contributed by atoms with Crippen molar-refractivity contribution < 1.29 is 12.4 Å². The molecule has 1 nitrogen and oxygen atoms in total. The summed E-state index contributed by atoms with van der Waals surface area (Å²) in [6, 6.07) is 9.24. The molecule has 1 aromatic rings. The van der Waals surface area contributed by atoms with Crippen LogP contribution < -0.4 is 17.7 Å². The van der Waals surface area contributed by atoms with Crippen molar-refractivity contribution in [3.05, 3.63) is 34.3 Å². The van der Waals surface area contributed by atoms with Gasteiger partial charge in [-0.25, -0.2) is 0 Å². The van der Waals surface area contributed by atoms with Crippen LogP contribution in [0.2, 0.25) is 0 Å². The first-order valence-corrected chi connectivity index (χ1v) is 5.12. The molecule has 72 valence electrons. The Balaban J connectivity index is 0.000000845. The molecule has 2 rings (SSSR count). The lowest BCUT2D eigenvalue weighted by Crippen LogP contribution is -3.00. The van der Waals surface area contributed by atoms with Crippen molar-refractivity contribution in [2.75, 3.05) is 0 Å². The minimum atomic E-state index is 0. The summed E-state index contributed by atoms with van der Waals surface area (Å²) in [5.41, 5.74) is 1.36. The highest BCUT2D eigenvalue weighted by Gasteiger charge is 2.19. The lowest BCUT2D eigenvalue weighted by Gasteiger charge is -2.02. The van der Waals surface area contributed by atoms with E-state index in [1.807, 2.05) is 0 Å². The number of rotatable bonds is 3. The van der Waals surface area contributed by atoms with Crippen LogP contribution in [0, 0.1) is 0 Å². The van der Waals surface area contributed by atoms with E-state index in [-0.39, 0.29) is 12.4 Å². The van der Waals surface area contributed by atoms with Crippen LogP contribution in [0.3, 0.4) is 0 Å². The minimum Gasteiger partial charge on any atom is -1.00 e. The molecule has 1 aliphatic carbocycles. The molecule has 0 atom stereocenters. The first-order valence-electron chi connectivity index (χ1n) is 4.32. The van der Waals surface area contributed by atoms with Gasteiger partial charge in [0.1, 0.15) is 0 Å². The summed E-state index contributed by atoms with van der Waals surface area (Å²) in [5.74, 6) is 0. The van der Waals surface area contributed by atoms with Crippen molar-refractivity contribution in [2.45, 2.75) is 25.4 Å². The van der Waals surface area contributed by atoms with Gasteiger partial charge in [-0.1, -0.05) is 28.1 Å². The Kier molecular flexibility index (Phi) is 4.23. The normalized spacial score (nSPS) is 15.2. The number of benzene rings is 1. The van der Waals surface area contributed by atoms with Gasteiger partial charge >= 0.3 is 0 Å². The maximum absolute atomic E-state index is 3.48. The zero-order chi connectivity index (χ0) is 8.39. The predicted octanol–water partition coefficient (Wildman–Crippen LogP) is -0.295. The molecular formula is C10H12BrClN-. The molecule has 0 radical (unpaired) electrons. The molecule has 0 amide bonds. The summed E-state index contributed by atoms with van der Waals surface area (Å²) in [7, 11) is 0. The lowest BCUT2D eigenvalue weighted by molar-refractivity contribution is -0.00000238. The predicted molar refractivity (Wildman–Crippen MR) is 54.0 cm³/mol. The second-order valence-electron chi connectivity index (χ2n) is 3.29. The van der Waals surface area contributed by atoms with Gasteiger partial charge in [-0.3, -0.25) is 0 Å². The Labute approximate surface area is 93.5 Å². The Morgan fingerprint density at radius 3 is 2.77 bits per heavy atom. The summed E-state index contributed by atoms with van der Waals surface area (Å²) < 4.78 is 1.16. The zero-order valence-corrected chi connectivity index (χ0v) is 9.61. The van der Waals surface area contributed by atoms with E-state index in [4.69, 9.17) is 0 Å². The summed E-state index contributed by atoms with van der Waals surface area (Å²) in [5, 5.41) is 3.48. The largest absolute Gasteiger partial charge is 1.00 e. The summed E-state index contributed by atoms with van der Waals surface area (Å²) in [6.45, 7) is 1.00. The van der Waals surface area contributed by atoms with Crippen LogP contribution in [-0.2, 0) is 6.54 Å². The molecule has 1 aliphatic rings. The monoisotopic (exact) mass is 260 g/mol. The fraction of sp³-hybridized carbons (Fsp3) is 0.400. The van der Waals surface area contributed by atoms with Crippen molar-refractivity contribution in [1.29, 1.82) is 0 Å². The minimum absolute atomic E-state index is 0. The average molecular weight is 262 g/mol. The van der Waals surface area contributed by atoms with Gasteiger partial charge in [0, 0.05) is 17.1 Å². The topological polar surface area (TPSA) is 12.0 Å². The molecule has 1 saturated carbocycles. The Hall–Kier alpha value is -0.0500. The van der Waals surface area contributed by atoms with Gasteiger partial charge in [-0.2, -0.15) is 0 Å². The van der Waals surface area contributed by atoms with Gasteiger partial charge in [-0.05, 0) is 30.5 Å². The van der Waals surface area contributed by atoms with Crippen LogP contribution in [0.15, 0.2) is 28.7 Å². The van der Waals surface area contributed by atoms with E-state index in [0.717, 1.165) is 17.1 Å². The van der Waals surface area contributed by atoms with Gasteiger partial charge in [0.05, 0.1) is 0 Å². The molecule has 0 unspecified atom stereocenters. The fourth-order valence-corrected chi connectivity index (χ4v) is 1.64. The molecule has 3 heteroatoms. The summed E-state index contributed by atoms with van der Waals surface area (Å²) >= 11 is 3.46. The molecule has 13 heavy (non-hydrogen) atoms. The highest BCUT2D eigenvalue weighted by molar-refractivity contribution is 9.10. The first kappa shape index (κ1) is 11.0. The van der Waals surface area contributed by atoms with E-state index in [2.05, 4.69) is 45.5 Å². The van der Waals surface area contributed by atoms with Crippen LogP contribution >= 0.6 is 15.9 Å². The third kappa shape index (κ3) is 3.67. The summed E-state index contributed by atoms with van der Waals surface area (Å²) in [4.78, 5) is 0. The highest BCUT2D eigenvalue weighted by Crippen LogP contribution is 2.19. The SMILES string of the molecule is Brc1cccc(CNC2CC2)c1.[Cl-]. The smallest absolute Gasteiger partial charge is 0.0208 e. The van der Waals surface area contributed by atoms with Gasteiger partial charge in [0.25, 0.3) is 0 Å². The van der Waals surface area contributed by atoms with Crippen LogP contribution in [0.25, 0.3) is 0 Å². The van der Waals surface area contributed by atoms with E-state index in [1.54, 1.807) is 0 Å². The summed E-state index contributed by atoms with van der Waals surface area (Å²) in [6.07, 6.45) is 2.71. The molecule has 0 bridgehead atoms. The molecule has 0 aliphatic heterocycles. The van der Waals surface area contributed by atoms with E-state index in [1.165, 1.54) is 18.4 Å². The van der Waals surface area contributed by atoms with E-state index in [9.17, 15) is 0 Å². The van der Waals surface area contributed by atoms with E-state index < -0.39 is 0 Å². The maximum atomic E-state index is 3.48. The highest BCUT2D eigenvalue weighted by atomic mass is 79.9. The molecule has 0 spiro atoms. The Bertz CT molecular complexity index is 273. The molecule has 0 aromatic heterocycles. The van der Waals surface area contributed by atoms with Crippen molar-refractivity contribution >= 4 is 15.9 Å². The van der Waals surface area contributed by atoms with Crippen LogP contribution in [0.1, 0.15) is 18.4 Å². The van der Waals surface area contributed by atoms with Crippen molar-refractivity contribution in [2.24, 2.45) is 0 Å². The standard InChI is InChI=1S/C10H12BrN.ClH/c11-9-3-1-2-8(6-9)7-12-10-4-5-10;/h1-3,6,10,12H,4-5,7H2;1H/p-1. The van der Waals surface area contributed by atoms with Crippen molar-refractivity contribution in [3.63, 3.8) is 0 Å². The number of nitrogens with one attached hydrogen (secondary N) is 1. The molecule has 0 saturated heterocycles. The quantitative estimate of drug-likeness (QED) is 0.788. The Morgan fingerprint density at radius 2 is 2.15 bits per heavy atom. The second-order valence-corrected chi connectivity index (χ2v) is 4.20. The third-order valence-electron chi connectivity index (χ3n) is 2.06.